The van der Waals surface area contributed by atoms with E-state index in [0.717, 1.165) is 17.4 Å². The van der Waals surface area contributed by atoms with Crippen molar-refractivity contribution < 1.29 is 33.4 Å². The van der Waals surface area contributed by atoms with Gasteiger partial charge in [-0.15, -0.1) is 16.5 Å². The molecule has 0 atom stereocenters. The fourth-order valence-electron chi connectivity index (χ4n) is 1.77. The number of amides is 1. The number of carbonyl (C=O) groups excluding carboxylic acids is 2. The van der Waals surface area contributed by atoms with E-state index in [1.807, 2.05) is 0 Å². The van der Waals surface area contributed by atoms with Gasteiger partial charge in [-0.05, 0) is 23.6 Å². The van der Waals surface area contributed by atoms with Crippen LogP contribution >= 0.6 is 22.9 Å². The SMILES string of the molecule is COC(=O)COc1cc(N(F)C(=O)c2sccc2C(=O)O)ccc1Cl. The van der Waals surface area contributed by atoms with E-state index >= 15 is 0 Å². The predicted octanol–water partition coefficient (Wildman–Crippen LogP) is 3.18. The van der Waals surface area contributed by atoms with Gasteiger partial charge in [0.2, 0.25) is 0 Å². The average molecular weight is 388 g/mol. The first-order valence-electron chi connectivity index (χ1n) is 6.65. The van der Waals surface area contributed by atoms with Crippen LogP contribution in [0, 0.1) is 0 Å². The van der Waals surface area contributed by atoms with Crippen molar-refractivity contribution in [3.05, 3.63) is 45.1 Å². The summed E-state index contributed by atoms with van der Waals surface area (Å²) >= 11 is 6.70. The largest absolute Gasteiger partial charge is 0.480 e. The summed E-state index contributed by atoms with van der Waals surface area (Å²) in [5.74, 6) is -3.19. The molecule has 0 bridgehead atoms. The lowest BCUT2D eigenvalue weighted by molar-refractivity contribution is -0.142. The smallest absolute Gasteiger partial charge is 0.343 e. The Bertz CT molecular complexity index is 824. The molecule has 2 aromatic rings. The van der Waals surface area contributed by atoms with Crippen molar-refractivity contribution in [1.29, 1.82) is 0 Å². The third-order valence-electron chi connectivity index (χ3n) is 2.98. The molecule has 1 aromatic carbocycles. The molecule has 0 aliphatic carbocycles. The Morgan fingerprint density at radius 1 is 1.32 bits per heavy atom. The Labute approximate surface area is 150 Å². The van der Waals surface area contributed by atoms with Crippen molar-refractivity contribution in [3.63, 3.8) is 0 Å². The monoisotopic (exact) mass is 387 g/mol. The minimum Gasteiger partial charge on any atom is -0.480 e. The number of hydrogen-bond donors (Lipinski definition) is 1. The third-order valence-corrected chi connectivity index (χ3v) is 4.20. The van der Waals surface area contributed by atoms with Crippen molar-refractivity contribution >= 4 is 46.5 Å². The van der Waals surface area contributed by atoms with E-state index in [1.165, 1.54) is 30.7 Å². The first-order valence-corrected chi connectivity index (χ1v) is 7.91. The second-order valence-corrected chi connectivity index (χ2v) is 5.86. The molecular formula is C15H11ClFNO6S. The van der Waals surface area contributed by atoms with Crippen LogP contribution in [0.25, 0.3) is 0 Å². The molecule has 2 rings (SSSR count). The molecule has 0 unspecified atom stereocenters. The zero-order valence-electron chi connectivity index (χ0n) is 12.7. The second kappa shape index (κ2) is 7.95. The minimum absolute atomic E-state index is 0.0374. The van der Waals surface area contributed by atoms with Gasteiger partial charge in [0.25, 0.3) is 5.91 Å². The third kappa shape index (κ3) is 4.25. The normalized spacial score (nSPS) is 10.2. The number of esters is 1. The number of methoxy groups -OCH3 is 1. The number of rotatable bonds is 6. The molecule has 0 spiro atoms. The van der Waals surface area contributed by atoms with Crippen molar-refractivity contribution in [1.82, 2.24) is 0 Å². The fourth-order valence-corrected chi connectivity index (χ4v) is 2.75. The Hall–Kier alpha value is -2.65. The van der Waals surface area contributed by atoms with Crippen LogP contribution in [0.2, 0.25) is 5.02 Å². The maximum absolute atomic E-state index is 14.4. The summed E-state index contributed by atoms with van der Waals surface area (Å²) in [7, 11) is 1.17. The number of halogens is 2. The number of thiophene rings is 1. The van der Waals surface area contributed by atoms with Crippen LogP contribution < -0.4 is 9.86 Å². The number of hydrogen-bond acceptors (Lipinski definition) is 6. The maximum atomic E-state index is 14.4. The molecule has 25 heavy (non-hydrogen) atoms. The lowest BCUT2D eigenvalue weighted by Gasteiger charge is -2.14. The van der Waals surface area contributed by atoms with Crippen LogP contribution in [0.15, 0.2) is 29.6 Å². The van der Waals surface area contributed by atoms with Gasteiger partial charge in [0.05, 0.1) is 23.4 Å². The van der Waals surface area contributed by atoms with Gasteiger partial charge in [0.15, 0.2) is 6.61 Å². The molecule has 0 aliphatic rings. The van der Waals surface area contributed by atoms with Crippen LogP contribution in [0.5, 0.6) is 5.75 Å². The van der Waals surface area contributed by atoms with Crippen LogP contribution in [-0.2, 0) is 9.53 Å². The summed E-state index contributed by atoms with van der Waals surface area (Å²) in [5.41, 5.74) is -0.534. The molecule has 7 nitrogen and oxygen atoms in total. The van der Waals surface area contributed by atoms with E-state index in [-0.39, 0.29) is 32.0 Å². The minimum atomic E-state index is -1.34. The predicted molar refractivity (Wildman–Crippen MR) is 88.2 cm³/mol. The Morgan fingerprint density at radius 2 is 2.04 bits per heavy atom. The molecular weight excluding hydrogens is 377 g/mol. The summed E-state index contributed by atoms with van der Waals surface area (Å²) < 4.78 is 23.9. The van der Waals surface area contributed by atoms with Crippen molar-refractivity contribution in [2.45, 2.75) is 0 Å². The molecule has 1 heterocycles. The number of benzene rings is 1. The highest BCUT2D eigenvalue weighted by molar-refractivity contribution is 7.12. The standard InChI is InChI=1S/C15H11ClFNO6S/c1-23-12(19)7-24-11-6-8(2-3-10(11)16)18(17)14(20)13-9(15(21)22)4-5-25-13/h2-6H,7H2,1H3,(H,21,22). The number of nitrogens with zero attached hydrogens (tertiary/aromatic N) is 1. The molecule has 132 valence electrons. The summed E-state index contributed by atoms with van der Waals surface area (Å²) in [6.45, 7) is -0.450. The van der Waals surface area contributed by atoms with E-state index in [4.69, 9.17) is 21.4 Å². The molecule has 0 radical (unpaired) electrons. The number of aromatic carboxylic acids is 1. The Morgan fingerprint density at radius 3 is 2.68 bits per heavy atom. The van der Waals surface area contributed by atoms with E-state index in [0.29, 0.717) is 0 Å². The quantitative estimate of drug-likeness (QED) is 0.604. The molecule has 0 aliphatic heterocycles. The van der Waals surface area contributed by atoms with Crippen molar-refractivity contribution in [2.24, 2.45) is 0 Å². The zero-order valence-corrected chi connectivity index (χ0v) is 14.3. The molecule has 0 saturated carbocycles. The van der Waals surface area contributed by atoms with Gasteiger partial charge in [0, 0.05) is 6.07 Å². The topological polar surface area (TPSA) is 93.1 Å². The van der Waals surface area contributed by atoms with Crippen LogP contribution in [0.4, 0.5) is 10.2 Å². The van der Waals surface area contributed by atoms with Crippen LogP contribution in [0.1, 0.15) is 20.0 Å². The summed E-state index contributed by atoms with van der Waals surface area (Å²) in [4.78, 5) is 34.1. The highest BCUT2D eigenvalue weighted by atomic mass is 35.5. The molecule has 10 heteroatoms. The van der Waals surface area contributed by atoms with Crippen LogP contribution in [-0.4, -0.2) is 36.7 Å². The van der Waals surface area contributed by atoms with Gasteiger partial charge in [-0.3, -0.25) is 4.79 Å². The fraction of sp³-hybridized carbons (Fsp3) is 0.133. The lowest BCUT2D eigenvalue weighted by Crippen LogP contribution is -2.23. The number of carbonyl (C=O) groups is 3. The number of ether oxygens (including phenoxy) is 2. The maximum Gasteiger partial charge on any atom is 0.343 e. The molecule has 0 saturated heterocycles. The molecule has 1 N–H and O–H groups in total. The van der Waals surface area contributed by atoms with Gasteiger partial charge in [-0.2, -0.15) is 0 Å². The number of carboxylic acids is 1. The second-order valence-electron chi connectivity index (χ2n) is 4.53. The molecule has 1 amide bonds. The highest BCUT2D eigenvalue weighted by Gasteiger charge is 2.25. The molecule has 1 aromatic heterocycles. The first kappa shape index (κ1) is 18.7. The summed E-state index contributed by atoms with van der Waals surface area (Å²) in [6.07, 6.45) is 0. The van der Waals surface area contributed by atoms with Gasteiger partial charge in [-0.25, -0.2) is 9.59 Å². The Balaban J connectivity index is 2.25. The van der Waals surface area contributed by atoms with E-state index in [9.17, 15) is 18.9 Å². The van der Waals surface area contributed by atoms with Crippen LogP contribution in [0.3, 0.4) is 0 Å². The lowest BCUT2D eigenvalue weighted by atomic mass is 10.2. The van der Waals surface area contributed by atoms with E-state index in [1.54, 1.807) is 0 Å². The van der Waals surface area contributed by atoms with E-state index < -0.39 is 24.5 Å². The highest BCUT2D eigenvalue weighted by Crippen LogP contribution is 2.31. The van der Waals surface area contributed by atoms with Crippen molar-refractivity contribution in [2.75, 3.05) is 18.8 Å². The van der Waals surface area contributed by atoms with Gasteiger partial charge in [-0.1, -0.05) is 16.1 Å². The number of anilines is 1. The Kier molecular flexibility index (Phi) is 5.94. The number of carboxylic acid groups (broad SMARTS) is 1. The van der Waals surface area contributed by atoms with Gasteiger partial charge < -0.3 is 14.6 Å². The van der Waals surface area contributed by atoms with Crippen molar-refractivity contribution in [3.8, 4) is 5.75 Å². The van der Waals surface area contributed by atoms with E-state index in [2.05, 4.69) is 4.74 Å². The summed E-state index contributed by atoms with van der Waals surface area (Å²) in [6, 6.07) is 4.80. The zero-order chi connectivity index (χ0) is 18.6. The first-order chi connectivity index (χ1) is 11.8. The van der Waals surface area contributed by atoms with Gasteiger partial charge in [0.1, 0.15) is 10.6 Å². The van der Waals surface area contributed by atoms with Gasteiger partial charge >= 0.3 is 11.9 Å². The summed E-state index contributed by atoms with van der Waals surface area (Å²) in [5, 5.41) is 10.3. The molecule has 0 fully saturated rings. The average Bonchev–Trinajstić information content (AvgIpc) is 3.09.